The quantitative estimate of drug-likeness (QED) is 0.423. The highest BCUT2D eigenvalue weighted by Crippen LogP contribution is 2.28. The summed E-state index contributed by atoms with van der Waals surface area (Å²) < 4.78 is 16.8. The molecule has 2 N–H and O–H groups in total. The third kappa shape index (κ3) is 7.54. The smallest absolute Gasteiger partial charge is 0.319 e. The van der Waals surface area contributed by atoms with Gasteiger partial charge in [0.1, 0.15) is 12.4 Å². The van der Waals surface area contributed by atoms with Crippen LogP contribution in [0.4, 0.5) is 16.2 Å². The molecule has 1 saturated heterocycles. The molecule has 1 aliphatic heterocycles. The van der Waals surface area contributed by atoms with Gasteiger partial charge >= 0.3 is 6.03 Å². The fraction of sp³-hybridized carbons (Fsp3) is 0.345. The first-order chi connectivity index (χ1) is 18.0. The molecule has 0 bridgehead atoms. The zero-order valence-electron chi connectivity index (χ0n) is 21.8. The van der Waals surface area contributed by atoms with Crippen molar-refractivity contribution in [3.05, 3.63) is 77.9 Å². The van der Waals surface area contributed by atoms with Gasteiger partial charge in [-0.3, -0.25) is 4.90 Å². The first-order valence-electron chi connectivity index (χ1n) is 12.6. The number of aryl methyl sites for hydroxylation is 1. The lowest BCUT2D eigenvalue weighted by Gasteiger charge is -2.36. The van der Waals surface area contributed by atoms with Gasteiger partial charge in [-0.2, -0.15) is 0 Å². The molecule has 3 aromatic carbocycles. The van der Waals surface area contributed by atoms with E-state index >= 15 is 0 Å². The maximum absolute atomic E-state index is 12.2. The van der Waals surface area contributed by atoms with Gasteiger partial charge in [0.2, 0.25) is 0 Å². The van der Waals surface area contributed by atoms with Crippen LogP contribution >= 0.6 is 0 Å². The number of benzene rings is 3. The lowest BCUT2D eigenvalue weighted by atomic mass is 10.2. The number of amides is 2. The summed E-state index contributed by atoms with van der Waals surface area (Å²) in [6.07, 6.45) is 0. The number of nitrogens with one attached hydrogen (secondary N) is 2. The molecule has 0 aromatic heterocycles. The van der Waals surface area contributed by atoms with E-state index in [-0.39, 0.29) is 6.03 Å². The summed E-state index contributed by atoms with van der Waals surface area (Å²) in [7, 11) is 3.31. The topological polar surface area (TPSA) is 75.3 Å². The molecule has 8 nitrogen and oxygen atoms in total. The van der Waals surface area contributed by atoms with E-state index in [0.717, 1.165) is 55.3 Å². The van der Waals surface area contributed by atoms with Gasteiger partial charge in [0.15, 0.2) is 11.5 Å². The minimum absolute atomic E-state index is 0.254. The molecule has 8 heteroatoms. The van der Waals surface area contributed by atoms with E-state index in [0.29, 0.717) is 24.7 Å². The molecule has 4 rings (SSSR count). The Balaban J connectivity index is 1.19. The number of anilines is 2. The van der Waals surface area contributed by atoms with Crippen LogP contribution in [0.3, 0.4) is 0 Å². The Labute approximate surface area is 219 Å². The van der Waals surface area contributed by atoms with Crippen molar-refractivity contribution in [2.24, 2.45) is 0 Å². The molecule has 3 aromatic rings. The highest BCUT2D eigenvalue weighted by atomic mass is 16.5. The van der Waals surface area contributed by atoms with Crippen LogP contribution in [0, 0.1) is 6.92 Å². The van der Waals surface area contributed by atoms with Crippen LogP contribution in [0.5, 0.6) is 17.2 Å². The van der Waals surface area contributed by atoms with Crippen molar-refractivity contribution in [3.63, 3.8) is 0 Å². The molecule has 0 aliphatic carbocycles. The van der Waals surface area contributed by atoms with Crippen molar-refractivity contribution in [3.8, 4) is 17.2 Å². The predicted octanol–water partition coefficient (Wildman–Crippen LogP) is 4.53. The molecule has 0 radical (unpaired) electrons. The lowest BCUT2D eigenvalue weighted by Crippen LogP contribution is -2.47. The molecule has 1 fully saturated rings. The molecule has 1 heterocycles. The third-order valence-corrected chi connectivity index (χ3v) is 6.47. The molecule has 0 atom stereocenters. The SMILES string of the molecule is COc1ccc(N2CCN(CCOc3ccc(CNC(=O)Nc4ccc(C)cc4)cc3OC)CC2)cc1. The minimum Gasteiger partial charge on any atom is -0.497 e. The van der Waals surface area contributed by atoms with Crippen LogP contribution in [0.2, 0.25) is 0 Å². The van der Waals surface area contributed by atoms with Gasteiger partial charge in [0.25, 0.3) is 0 Å². The number of piperazine rings is 1. The second-order valence-electron chi connectivity index (χ2n) is 9.03. The van der Waals surface area contributed by atoms with Gasteiger partial charge in [-0.25, -0.2) is 4.79 Å². The first kappa shape index (κ1) is 26.2. The van der Waals surface area contributed by atoms with Gasteiger partial charge in [0.05, 0.1) is 14.2 Å². The van der Waals surface area contributed by atoms with Crippen molar-refractivity contribution >= 4 is 17.4 Å². The second kappa shape index (κ2) is 12.9. The Morgan fingerprint density at radius 1 is 0.865 bits per heavy atom. The lowest BCUT2D eigenvalue weighted by molar-refractivity contribution is 0.197. The largest absolute Gasteiger partial charge is 0.497 e. The summed E-state index contributed by atoms with van der Waals surface area (Å²) in [5.41, 5.74) is 4.06. The molecule has 196 valence electrons. The van der Waals surface area contributed by atoms with Crippen molar-refractivity contribution in [2.45, 2.75) is 13.5 Å². The Bertz CT molecular complexity index is 1140. The van der Waals surface area contributed by atoms with Crippen LogP contribution in [0.1, 0.15) is 11.1 Å². The van der Waals surface area contributed by atoms with Gasteiger partial charge in [-0.1, -0.05) is 23.8 Å². The Morgan fingerprint density at radius 2 is 1.59 bits per heavy atom. The summed E-state index contributed by atoms with van der Waals surface area (Å²) in [4.78, 5) is 17.0. The average molecular weight is 505 g/mol. The summed E-state index contributed by atoms with van der Waals surface area (Å²) in [6, 6.07) is 21.4. The fourth-order valence-electron chi connectivity index (χ4n) is 4.24. The predicted molar refractivity (Wildman–Crippen MR) is 147 cm³/mol. The molecule has 0 spiro atoms. The number of ether oxygens (including phenoxy) is 3. The zero-order chi connectivity index (χ0) is 26.0. The normalized spacial score (nSPS) is 13.6. The Morgan fingerprint density at radius 3 is 2.27 bits per heavy atom. The molecule has 0 saturated carbocycles. The van der Waals surface area contributed by atoms with Crippen molar-refractivity contribution in [1.29, 1.82) is 0 Å². The summed E-state index contributed by atoms with van der Waals surface area (Å²) in [6.45, 7) is 7.76. The third-order valence-electron chi connectivity index (χ3n) is 6.47. The molecular formula is C29H36N4O4. The maximum Gasteiger partial charge on any atom is 0.319 e. The molecule has 37 heavy (non-hydrogen) atoms. The molecule has 1 aliphatic rings. The van der Waals surface area contributed by atoms with Crippen LogP contribution < -0.4 is 29.7 Å². The van der Waals surface area contributed by atoms with Crippen molar-refractivity contribution in [1.82, 2.24) is 10.2 Å². The van der Waals surface area contributed by atoms with E-state index in [1.807, 2.05) is 61.5 Å². The van der Waals surface area contributed by atoms with Gasteiger partial charge in [-0.15, -0.1) is 0 Å². The fourth-order valence-corrected chi connectivity index (χ4v) is 4.24. The van der Waals surface area contributed by atoms with Crippen LogP contribution in [-0.2, 0) is 6.54 Å². The van der Waals surface area contributed by atoms with Crippen molar-refractivity contribution in [2.75, 3.05) is 63.8 Å². The van der Waals surface area contributed by atoms with Gasteiger partial charge in [-0.05, 0) is 61.0 Å². The highest BCUT2D eigenvalue weighted by molar-refractivity contribution is 5.89. The monoisotopic (exact) mass is 504 g/mol. The Kier molecular flexibility index (Phi) is 9.10. The maximum atomic E-state index is 12.2. The summed E-state index contributed by atoms with van der Waals surface area (Å²) >= 11 is 0. The number of nitrogens with zero attached hydrogens (tertiary/aromatic N) is 2. The summed E-state index contributed by atoms with van der Waals surface area (Å²) in [5, 5.41) is 5.71. The van der Waals surface area contributed by atoms with Crippen LogP contribution in [-0.4, -0.2) is 64.5 Å². The first-order valence-corrected chi connectivity index (χ1v) is 12.6. The number of methoxy groups -OCH3 is 2. The number of carbonyl (C=O) groups is 1. The molecule has 0 unspecified atom stereocenters. The summed E-state index contributed by atoms with van der Waals surface area (Å²) in [5.74, 6) is 2.23. The molecule has 2 amide bonds. The van der Waals surface area contributed by atoms with E-state index in [1.165, 1.54) is 5.69 Å². The van der Waals surface area contributed by atoms with Crippen LogP contribution in [0.25, 0.3) is 0 Å². The number of urea groups is 1. The van der Waals surface area contributed by atoms with E-state index in [2.05, 4.69) is 32.6 Å². The van der Waals surface area contributed by atoms with E-state index in [1.54, 1.807) is 14.2 Å². The standard InChI is InChI=1S/C29H36N4O4/c1-22-4-7-24(8-5-22)31-29(34)30-21-23-6-13-27(28(20-23)36-3)37-19-18-32-14-16-33(17-15-32)25-9-11-26(35-2)12-10-25/h4-13,20H,14-19,21H2,1-3H3,(H2,30,31,34). The number of hydrogen-bond acceptors (Lipinski definition) is 6. The highest BCUT2D eigenvalue weighted by Gasteiger charge is 2.17. The van der Waals surface area contributed by atoms with E-state index in [4.69, 9.17) is 14.2 Å². The minimum atomic E-state index is -0.254. The second-order valence-corrected chi connectivity index (χ2v) is 9.03. The van der Waals surface area contributed by atoms with Gasteiger partial charge in [0, 0.05) is 50.6 Å². The van der Waals surface area contributed by atoms with Crippen LogP contribution in [0.15, 0.2) is 66.7 Å². The number of carbonyl (C=O) groups excluding carboxylic acids is 1. The Hall–Kier alpha value is -3.91. The van der Waals surface area contributed by atoms with Gasteiger partial charge < -0.3 is 29.7 Å². The van der Waals surface area contributed by atoms with E-state index < -0.39 is 0 Å². The number of hydrogen-bond donors (Lipinski definition) is 2. The molecular weight excluding hydrogens is 468 g/mol. The van der Waals surface area contributed by atoms with E-state index in [9.17, 15) is 4.79 Å². The van der Waals surface area contributed by atoms with Crippen molar-refractivity contribution < 1.29 is 19.0 Å². The number of rotatable bonds is 10. The zero-order valence-corrected chi connectivity index (χ0v) is 21.8. The average Bonchev–Trinajstić information content (AvgIpc) is 2.94.